The molecule has 0 unspecified atom stereocenters. The number of carbonyl (C=O) groups is 1. The lowest BCUT2D eigenvalue weighted by atomic mass is 10.1. The van der Waals surface area contributed by atoms with Crippen molar-refractivity contribution in [2.45, 2.75) is 13.8 Å². The van der Waals surface area contributed by atoms with Crippen LogP contribution in [0.25, 0.3) is 0 Å². The summed E-state index contributed by atoms with van der Waals surface area (Å²) in [6.07, 6.45) is 0.756. The molecule has 4 heteroatoms. The van der Waals surface area contributed by atoms with Crippen molar-refractivity contribution in [1.82, 2.24) is 5.16 Å². The Bertz CT molecular complexity index is 325. The van der Waals surface area contributed by atoms with Crippen molar-refractivity contribution in [2.24, 2.45) is 0 Å². The van der Waals surface area contributed by atoms with Crippen LogP contribution >= 0.6 is 0 Å². The van der Waals surface area contributed by atoms with Crippen LogP contribution in [0.1, 0.15) is 23.2 Å². The zero-order valence-electron chi connectivity index (χ0n) is 6.87. The van der Waals surface area contributed by atoms with Gasteiger partial charge in [0, 0.05) is 11.6 Å². The second-order valence-corrected chi connectivity index (χ2v) is 2.46. The molecule has 1 rings (SSSR count). The highest BCUT2D eigenvalue weighted by atomic mass is 16.5. The van der Waals surface area contributed by atoms with Gasteiger partial charge in [-0.15, -0.1) is 0 Å². The van der Waals surface area contributed by atoms with E-state index in [1.807, 2.05) is 0 Å². The summed E-state index contributed by atoms with van der Waals surface area (Å²) in [5.41, 5.74) is 0.457. The van der Waals surface area contributed by atoms with Gasteiger partial charge in [0.05, 0.1) is 6.26 Å². The van der Waals surface area contributed by atoms with Crippen LogP contribution in [0, 0.1) is 6.92 Å². The number of aromatic nitrogens is 1. The van der Waals surface area contributed by atoms with Crippen molar-refractivity contribution >= 4 is 5.78 Å². The van der Waals surface area contributed by atoms with Crippen molar-refractivity contribution in [3.63, 3.8) is 0 Å². The monoisotopic (exact) mass is 167 g/mol. The SMILES string of the molecule is CC(=CO)C(=O)c1cc(C)on1. The first-order chi connectivity index (χ1) is 5.65. The maximum atomic E-state index is 11.2. The van der Waals surface area contributed by atoms with E-state index in [1.165, 1.54) is 13.0 Å². The molecule has 0 radical (unpaired) electrons. The predicted octanol–water partition coefficient (Wildman–Crippen LogP) is 1.63. The summed E-state index contributed by atoms with van der Waals surface area (Å²) in [4.78, 5) is 11.2. The molecule has 1 aromatic rings. The van der Waals surface area contributed by atoms with Crippen molar-refractivity contribution < 1.29 is 14.4 Å². The molecule has 64 valence electrons. The molecule has 0 aliphatic rings. The molecule has 0 saturated carbocycles. The van der Waals surface area contributed by atoms with Crippen molar-refractivity contribution in [2.75, 3.05) is 0 Å². The van der Waals surface area contributed by atoms with E-state index in [4.69, 9.17) is 9.63 Å². The Morgan fingerprint density at radius 1 is 1.75 bits per heavy atom. The second kappa shape index (κ2) is 3.21. The van der Waals surface area contributed by atoms with Gasteiger partial charge in [-0.2, -0.15) is 0 Å². The lowest BCUT2D eigenvalue weighted by Gasteiger charge is -1.90. The highest BCUT2D eigenvalue weighted by Gasteiger charge is 2.12. The van der Waals surface area contributed by atoms with Crippen molar-refractivity contribution in [1.29, 1.82) is 0 Å². The Balaban J connectivity index is 2.93. The summed E-state index contributed by atoms with van der Waals surface area (Å²) in [5.74, 6) is 0.249. The van der Waals surface area contributed by atoms with Gasteiger partial charge in [-0.25, -0.2) is 0 Å². The number of nitrogens with zero attached hydrogens (tertiary/aromatic N) is 1. The van der Waals surface area contributed by atoms with Crippen LogP contribution in [0.2, 0.25) is 0 Å². The van der Waals surface area contributed by atoms with Gasteiger partial charge in [0.1, 0.15) is 5.76 Å². The van der Waals surface area contributed by atoms with Crippen LogP contribution in [-0.2, 0) is 0 Å². The summed E-state index contributed by atoms with van der Waals surface area (Å²) in [7, 11) is 0. The fourth-order valence-corrected chi connectivity index (χ4v) is 0.734. The molecule has 0 amide bonds. The van der Waals surface area contributed by atoms with Crippen LogP contribution in [-0.4, -0.2) is 16.0 Å². The fourth-order valence-electron chi connectivity index (χ4n) is 0.734. The largest absolute Gasteiger partial charge is 0.515 e. The van der Waals surface area contributed by atoms with E-state index in [0.717, 1.165) is 6.26 Å². The van der Waals surface area contributed by atoms with Gasteiger partial charge in [0.25, 0.3) is 0 Å². The number of aliphatic hydroxyl groups excluding tert-OH is 1. The van der Waals surface area contributed by atoms with Gasteiger partial charge in [0.2, 0.25) is 5.78 Å². The quantitative estimate of drug-likeness (QED) is 0.413. The summed E-state index contributed by atoms with van der Waals surface area (Å²) >= 11 is 0. The summed E-state index contributed by atoms with van der Waals surface area (Å²) in [6.45, 7) is 3.20. The zero-order chi connectivity index (χ0) is 9.14. The molecule has 0 aliphatic heterocycles. The predicted molar refractivity (Wildman–Crippen MR) is 42.0 cm³/mol. The van der Waals surface area contributed by atoms with E-state index >= 15 is 0 Å². The molecule has 1 heterocycles. The third kappa shape index (κ3) is 1.53. The van der Waals surface area contributed by atoms with Gasteiger partial charge in [-0.1, -0.05) is 5.16 Å². The van der Waals surface area contributed by atoms with Crippen molar-refractivity contribution in [3.05, 3.63) is 29.4 Å². The number of allylic oxidation sites excluding steroid dienone is 1. The Hall–Kier alpha value is -1.58. The topological polar surface area (TPSA) is 63.3 Å². The Labute approximate surface area is 69.5 Å². The molecule has 12 heavy (non-hydrogen) atoms. The molecule has 1 aromatic heterocycles. The number of rotatable bonds is 2. The number of carbonyl (C=O) groups excluding carboxylic acids is 1. The molecule has 0 saturated heterocycles. The van der Waals surface area contributed by atoms with E-state index < -0.39 is 0 Å². The standard InChI is InChI=1S/C8H9NO3/c1-5(4-10)8(11)7-3-6(2)12-9-7/h3-4,10H,1-2H3. The molecule has 1 N–H and O–H groups in total. The average molecular weight is 167 g/mol. The van der Waals surface area contributed by atoms with Gasteiger partial charge in [-0.05, 0) is 13.8 Å². The Kier molecular flexibility index (Phi) is 2.28. The first kappa shape index (κ1) is 8.52. The van der Waals surface area contributed by atoms with Crippen LogP contribution < -0.4 is 0 Å². The van der Waals surface area contributed by atoms with E-state index in [0.29, 0.717) is 5.76 Å². The van der Waals surface area contributed by atoms with E-state index in [2.05, 4.69) is 5.16 Å². The van der Waals surface area contributed by atoms with Crippen molar-refractivity contribution in [3.8, 4) is 0 Å². The average Bonchev–Trinajstić information content (AvgIpc) is 2.49. The van der Waals surface area contributed by atoms with E-state index in [-0.39, 0.29) is 17.1 Å². The van der Waals surface area contributed by atoms with Gasteiger partial charge in [-0.3, -0.25) is 4.79 Å². The van der Waals surface area contributed by atoms with Gasteiger partial charge in [0.15, 0.2) is 5.69 Å². The summed E-state index contributed by atoms with van der Waals surface area (Å²) < 4.78 is 4.70. The van der Waals surface area contributed by atoms with Crippen LogP contribution in [0.3, 0.4) is 0 Å². The maximum absolute atomic E-state index is 11.2. The third-order valence-electron chi connectivity index (χ3n) is 1.41. The highest BCUT2D eigenvalue weighted by Crippen LogP contribution is 2.07. The molecule has 0 bridgehead atoms. The number of aryl methyl sites for hydroxylation is 1. The molecule has 4 nitrogen and oxygen atoms in total. The summed E-state index contributed by atoms with van der Waals surface area (Å²) in [5, 5.41) is 12.0. The van der Waals surface area contributed by atoms with Gasteiger partial charge < -0.3 is 9.63 Å². The first-order valence-corrected chi connectivity index (χ1v) is 3.44. The molecular weight excluding hydrogens is 158 g/mol. The minimum absolute atomic E-state index is 0.218. The van der Waals surface area contributed by atoms with Crippen LogP contribution in [0.5, 0.6) is 0 Å². The van der Waals surface area contributed by atoms with Crippen LogP contribution in [0.15, 0.2) is 22.4 Å². The highest BCUT2D eigenvalue weighted by molar-refractivity contribution is 6.06. The number of aliphatic hydroxyl groups is 1. The van der Waals surface area contributed by atoms with Gasteiger partial charge >= 0.3 is 0 Å². The number of hydrogen-bond donors (Lipinski definition) is 1. The number of hydrogen-bond acceptors (Lipinski definition) is 4. The van der Waals surface area contributed by atoms with E-state index in [9.17, 15) is 4.79 Å². The molecule has 0 atom stereocenters. The zero-order valence-corrected chi connectivity index (χ0v) is 6.87. The minimum Gasteiger partial charge on any atom is -0.515 e. The lowest BCUT2D eigenvalue weighted by Crippen LogP contribution is -2.00. The molecular formula is C8H9NO3. The molecule has 0 fully saturated rings. The normalized spacial score (nSPS) is 11.7. The first-order valence-electron chi connectivity index (χ1n) is 3.44. The smallest absolute Gasteiger partial charge is 0.213 e. The number of Topliss-reactive ketones (excluding diaryl/α,β-unsaturated/α-hetero) is 1. The lowest BCUT2D eigenvalue weighted by molar-refractivity contribution is 0.102. The maximum Gasteiger partial charge on any atom is 0.213 e. The molecule has 0 spiro atoms. The Morgan fingerprint density at radius 3 is 2.83 bits per heavy atom. The minimum atomic E-state index is -0.325. The molecule has 0 aliphatic carbocycles. The van der Waals surface area contributed by atoms with Crippen LogP contribution in [0.4, 0.5) is 0 Å². The summed E-state index contributed by atoms with van der Waals surface area (Å²) in [6, 6.07) is 1.52. The third-order valence-corrected chi connectivity index (χ3v) is 1.41. The fraction of sp³-hybridized carbons (Fsp3) is 0.250. The van der Waals surface area contributed by atoms with E-state index in [1.54, 1.807) is 6.92 Å². The second-order valence-electron chi connectivity index (χ2n) is 2.46. The number of ketones is 1. The Morgan fingerprint density at radius 2 is 2.42 bits per heavy atom. The molecule has 0 aromatic carbocycles.